The predicted octanol–water partition coefficient (Wildman–Crippen LogP) is 10.6. The van der Waals surface area contributed by atoms with E-state index in [1.807, 2.05) is 55.3 Å². The molecule has 61 heavy (non-hydrogen) atoms. The van der Waals surface area contributed by atoms with Gasteiger partial charge in [-0.1, -0.05) is 108 Å². The maximum absolute atomic E-state index is 14.0. The zero-order valence-corrected chi connectivity index (χ0v) is 36.8. The number of rotatable bonds is 18. The third-order valence-electron chi connectivity index (χ3n) is 12.4. The summed E-state index contributed by atoms with van der Waals surface area (Å²) in [5.74, 6) is 1.46. The second-order valence-corrected chi connectivity index (χ2v) is 17.2. The minimum absolute atomic E-state index is 0.000482. The SMILES string of the molecule is CCCN(CC=Nc1ccc2cc(-c3ccc4c(ccc5[nH]c(CN(C(=O)CC(C)CC)[C@H](C)C(C)C)nc54)c3)ccc2c1NC)C(=O)[C@H](NC(=O)C1CC1)c1ccccc1. The van der Waals surface area contributed by atoms with Crippen LogP contribution in [0.5, 0.6) is 0 Å². The summed E-state index contributed by atoms with van der Waals surface area (Å²) in [7, 11) is 1.90. The number of benzene rings is 5. The number of hydrogen-bond donors (Lipinski definition) is 3. The van der Waals surface area contributed by atoms with Crippen molar-refractivity contribution in [2.24, 2.45) is 22.7 Å². The molecular formula is C51H61N7O3. The number of hydrogen-bond acceptors (Lipinski definition) is 6. The first-order valence-corrected chi connectivity index (χ1v) is 22.1. The lowest BCUT2D eigenvalue weighted by Crippen LogP contribution is -2.44. The number of aliphatic imine (C=N–C) groups is 1. The Labute approximate surface area is 360 Å². The maximum atomic E-state index is 14.0. The highest BCUT2D eigenvalue weighted by atomic mass is 16.2. The Morgan fingerprint density at radius 1 is 0.885 bits per heavy atom. The zero-order valence-electron chi connectivity index (χ0n) is 36.8. The molecule has 3 atom stereocenters. The minimum Gasteiger partial charge on any atom is -0.386 e. The lowest BCUT2D eigenvalue weighted by atomic mass is 9.97. The van der Waals surface area contributed by atoms with Crippen molar-refractivity contribution >= 4 is 67.9 Å². The van der Waals surface area contributed by atoms with Gasteiger partial charge in [0.2, 0.25) is 17.7 Å². The van der Waals surface area contributed by atoms with Crippen LogP contribution >= 0.6 is 0 Å². The van der Waals surface area contributed by atoms with Crippen molar-refractivity contribution < 1.29 is 14.4 Å². The Kier molecular flexibility index (Phi) is 13.5. The molecule has 1 unspecified atom stereocenters. The molecule has 1 aliphatic rings. The second-order valence-electron chi connectivity index (χ2n) is 17.2. The van der Waals surface area contributed by atoms with Crippen LogP contribution in [0.3, 0.4) is 0 Å². The lowest BCUT2D eigenvalue weighted by molar-refractivity contribution is -0.136. The van der Waals surface area contributed by atoms with Crippen LogP contribution in [0.15, 0.2) is 96.0 Å². The van der Waals surface area contributed by atoms with Gasteiger partial charge >= 0.3 is 0 Å². The van der Waals surface area contributed by atoms with Crippen LogP contribution in [0.2, 0.25) is 0 Å². The molecule has 318 valence electrons. The summed E-state index contributed by atoms with van der Waals surface area (Å²) in [6, 6.07) is 30.2. The Bertz CT molecular complexity index is 2540. The topological polar surface area (TPSA) is 123 Å². The van der Waals surface area contributed by atoms with E-state index in [1.54, 1.807) is 11.1 Å². The number of anilines is 1. The number of aromatic nitrogens is 2. The van der Waals surface area contributed by atoms with Crippen molar-refractivity contribution in [3.8, 4) is 11.1 Å². The van der Waals surface area contributed by atoms with Crippen molar-refractivity contribution in [1.82, 2.24) is 25.1 Å². The number of nitrogens with one attached hydrogen (secondary N) is 3. The smallest absolute Gasteiger partial charge is 0.250 e. The molecule has 0 saturated heterocycles. The summed E-state index contributed by atoms with van der Waals surface area (Å²) < 4.78 is 0. The van der Waals surface area contributed by atoms with E-state index in [0.717, 1.165) is 92.2 Å². The third-order valence-corrected chi connectivity index (χ3v) is 12.4. The summed E-state index contributed by atoms with van der Waals surface area (Å²) >= 11 is 0. The van der Waals surface area contributed by atoms with E-state index < -0.39 is 6.04 Å². The first-order valence-electron chi connectivity index (χ1n) is 22.1. The number of nitrogens with zero attached hydrogens (tertiary/aromatic N) is 4. The summed E-state index contributed by atoms with van der Waals surface area (Å²) in [5.41, 5.74) is 6.55. The van der Waals surface area contributed by atoms with Crippen molar-refractivity contribution in [3.63, 3.8) is 0 Å². The van der Waals surface area contributed by atoms with E-state index in [0.29, 0.717) is 37.9 Å². The summed E-state index contributed by atoms with van der Waals surface area (Å²) in [4.78, 5) is 57.5. The van der Waals surface area contributed by atoms with Gasteiger partial charge in [0.25, 0.3) is 0 Å². The molecule has 1 aromatic heterocycles. The van der Waals surface area contributed by atoms with Crippen LogP contribution in [-0.2, 0) is 20.9 Å². The van der Waals surface area contributed by atoms with Crippen LogP contribution in [0, 0.1) is 17.8 Å². The molecule has 10 nitrogen and oxygen atoms in total. The molecule has 5 aromatic carbocycles. The molecule has 6 aromatic rings. The van der Waals surface area contributed by atoms with Crippen molar-refractivity contribution in [2.75, 3.05) is 25.5 Å². The fraction of sp³-hybridized carbons (Fsp3) is 0.392. The van der Waals surface area contributed by atoms with E-state index in [2.05, 4.69) is 105 Å². The van der Waals surface area contributed by atoms with Crippen LogP contribution in [0.1, 0.15) is 91.1 Å². The first-order chi connectivity index (χ1) is 29.5. The number of carbonyl (C=O) groups excluding carboxylic acids is 3. The first kappa shape index (κ1) is 43.1. The van der Waals surface area contributed by atoms with E-state index >= 15 is 0 Å². The molecule has 10 heteroatoms. The Morgan fingerprint density at radius 2 is 1.57 bits per heavy atom. The molecule has 7 rings (SSSR count). The zero-order chi connectivity index (χ0) is 43.2. The van der Waals surface area contributed by atoms with Gasteiger partial charge in [-0.3, -0.25) is 19.4 Å². The molecule has 3 amide bonds. The van der Waals surface area contributed by atoms with Crippen LogP contribution in [-0.4, -0.2) is 69.9 Å². The number of carbonyl (C=O) groups is 3. The number of amides is 3. The highest BCUT2D eigenvalue weighted by molar-refractivity contribution is 6.06. The number of H-pyrrole nitrogens is 1. The molecule has 3 N–H and O–H groups in total. The van der Waals surface area contributed by atoms with Crippen molar-refractivity contribution in [1.29, 1.82) is 0 Å². The molecular weight excluding hydrogens is 759 g/mol. The van der Waals surface area contributed by atoms with Gasteiger partial charge in [0, 0.05) is 49.0 Å². The normalized spacial score (nSPS) is 14.4. The highest BCUT2D eigenvalue weighted by Gasteiger charge is 2.34. The van der Waals surface area contributed by atoms with Crippen LogP contribution in [0.25, 0.3) is 43.7 Å². The quantitative estimate of drug-likeness (QED) is 0.0745. The van der Waals surface area contributed by atoms with Crippen molar-refractivity contribution in [2.45, 2.75) is 92.3 Å². The van der Waals surface area contributed by atoms with Crippen LogP contribution in [0.4, 0.5) is 11.4 Å². The van der Waals surface area contributed by atoms with E-state index in [9.17, 15) is 14.4 Å². The van der Waals surface area contributed by atoms with Gasteiger partial charge in [-0.25, -0.2) is 4.98 Å². The van der Waals surface area contributed by atoms with Gasteiger partial charge in [0.05, 0.1) is 35.5 Å². The molecule has 1 fully saturated rings. The maximum Gasteiger partial charge on any atom is 0.250 e. The van der Waals surface area contributed by atoms with Gasteiger partial charge < -0.3 is 25.4 Å². The Morgan fingerprint density at radius 3 is 2.23 bits per heavy atom. The van der Waals surface area contributed by atoms with Gasteiger partial charge in [0.1, 0.15) is 11.9 Å². The van der Waals surface area contributed by atoms with E-state index in [-0.39, 0.29) is 29.7 Å². The van der Waals surface area contributed by atoms with Crippen LogP contribution < -0.4 is 10.6 Å². The molecule has 1 heterocycles. The van der Waals surface area contributed by atoms with Gasteiger partial charge in [0.15, 0.2) is 0 Å². The fourth-order valence-electron chi connectivity index (χ4n) is 8.04. The van der Waals surface area contributed by atoms with Gasteiger partial charge in [-0.2, -0.15) is 0 Å². The van der Waals surface area contributed by atoms with E-state index in [1.165, 1.54) is 0 Å². The monoisotopic (exact) mass is 819 g/mol. The largest absolute Gasteiger partial charge is 0.386 e. The Balaban J connectivity index is 1.09. The summed E-state index contributed by atoms with van der Waals surface area (Å²) in [5, 5.41) is 10.7. The number of fused-ring (bicyclic) bond motifs is 4. The fourth-order valence-corrected chi connectivity index (χ4v) is 8.04. The summed E-state index contributed by atoms with van der Waals surface area (Å²) in [6.07, 6.45) is 5.83. The predicted molar refractivity (Wildman–Crippen MR) is 250 cm³/mol. The summed E-state index contributed by atoms with van der Waals surface area (Å²) in [6.45, 7) is 14.1. The lowest BCUT2D eigenvalue weighted by Gasteiger charge is -2.32. The molecule has 1 saturated carbocycles. The third kappa shape index (κ3) is 9.80. The van der Waals surface area contributed by atoms with E-state index in [4.69, 9.17) is 9.98 Å². The molecule has 0 spiro atoms. The number of aromatic amines is 1. The van der Waals surface area contributed by atoms with Gasteiger partial charge in [-0.05, 0) is 89.8 Å². The van der Waals surface area contributed by atoms with Crippen molar-refractivity contribution in [3.05, 3.63) is 102 Å². The molecule has 0 aliphatic heterocycles. The molecule has 0 radical (unpaired) electrons. The molecule has 1 aliphatic carbocycles. The highest BCUT2D eigenvalue weighted by Crippen LogP contribution is 2.37. The Hall–Kier alpha value is -6.03. The standard InChI is InChI=1S/C51H61N7O3/c1-8-26-57(51(61)47(35-13-11-10-12-14-35)56-50(60)36-15-16-36)27-25-53-43-23-19-39-29-37(17-21-41(39)48(43)52-7)38-18-22-42-40(30-38)20-24-44-49(42)55-45(54-44)31-58(34(6)32(3)4)46(59)28-33(5)9-2/h10-14,17-25,29-30,32-34,36,47,52H,8-9,15-16,26-28,31H2,1-7H3,(H,54,55)(H,56,60)/t33?,34-,47-/m1/s1. The van der Waals surface area contributed by atoms with Gasteiger partial charge in [-0.15, -0.1) is 0 Å². The minimum atomic E-state index is -0.740. The second kappa shape index (κ2) is 19.1. The average Bonchev–Trinajstić information content (AvgIpc) is 4.05. The molecule has 0 bridgehead atoms. The number of imidazole rings is 1. The average molecular weight is 820 g/mol.